The molecule has 0 aliphatic heterocycles. The molecule has 1 heterocycles. The Bertz CT molecular complexity index is 761. The Balaban J connectivity index is 2.54. The fourth-order valence-corrected chi connectivity index (χ4v) is 2.25. The highest BCUT2D eigenvalue weighted by molar-refractivity contribution is 5.90. The molecule has 7 heteroatoms. The summed E-state index contributed by atoms with van der Waals surface area (Å²) in [5.41, 5.74) is -1.31. The van der Waals surface area contributed by atoms with Crippen LogP contribution in [0.1, 0.15) is 39.9 Å². The van der Waals surface area contributed by atoms with Crippen LogP contribution in [0.5, 0.6) is 0 Å². The maximum Gasteiger partial charge on any atom is 0.313 e. The molecule has 24 heavy (non-hydrogen) atoms. The third-order valence-electron chi connectivity index (χ3n) is 4.50. The number of aromatic nitrogens is 2. The minimum absolute atomic E-state index is 0.262. The normalized spacial score (nSPS) is 12.5. The van der Waals surface area contributed by atoms with E-state index in [-0.39, 0.29) is 5.82 Å². The second-order valence-corrected chi connectivity index (χ2v) is 6.61. The molecule has 130 valence electrons. The monoisotopic (exact) mass is 337 g/mol. The third-order valence-corrected chi connectivity index (χ3v) is 4.50. The number of esters is 1. The summed E-state index contributed by atoms with van der Waals surface area (Å²) in [7, 11) is 1.31. The number of fused-ring (bicyclic) bond motifs is 1. The minimum Gasteiger partial charge on any atom is -0.469 e. The van der Waals surface area contributed by atoms with Crippen molar-refractivity contribution in [3.63, 3.8) is 0 Å². The Morgan fingerprint density at radius 3 is 2.38 bits per heavy atom. The minimum atomic E-state index is -2.79. The quantitative estimate of drug-likeness (QED) is 0.837. The Morgan fingerprint density at radius 2 is 1.79 bits per heavy atom. The number of hydrogen-bond donors (Lipinski definition) is 1. The largest absolute Gasteiger partial charge is 0.469 e. The highest BCUT2D eigenvalue weighted by Crippen LogP contribution is 2.36. The lowest BCUT2D eigenvalue weighted by Gasteiger charge is -2.40. The SMILES string of the molecule is COC(=O)C(C)(C)C(C)(C)Nc1nc(C(F)F)nc2ccccc12. The molecule has 0 radical (unpaired) electrons. The van der Waals surface area contributed by atoms with Gasteiger partial charge in [-0.2, -0.15) is 0 Å². The van der Waals surface area contributed by atoms with E-state index in [9.17, 15) is 13.6 Å². The zero-order chi connectivity index (χ0) is 18.1. The van der Waals surface area contributed by atoms with E-state index in [0.29, 0.717) is 10.9 Å². The second-order valence-electron chi connectivity index (χ2n) is 6.61. The second kappa shape index (κ2) is 6.30. The highest BCUT2D eigenvalue weighted by Gasteiger charge is 2.44. The van der Waals surface area contributed by atoms with E-state index in [2.05, 4.69) is 15.3 Å². The number of anilines is 1. The van der Waals surface area contributed by atoms with Gasteiger partial charge in [0.15, 0.2) is 5.82 Å². The van der Waals surface area contributed by atoms with Crippen molar-refractivity contribution in [2.45, 2.75) is 39.7 Å². The molecule has 2 rings (SSSR count). The number of para-hydroxylation sites is 1. The maximum absolute atomic E-state index is 13.1. The summed E-state index contributed by atoms with van der Waals surface area (Å²) in [6, 6.07) is 6.88. The van der Waals surface area contributed by atoms with Gasteiger partial charge in [-0.25, -0.2) is 18.7 Å². The molecule has 2 aromatic rings. The van der Waals surface area contributed by atoms with Crippen LogP contribution < -0.4 is 5.32 Å². The van der Waals surface area contributed by atoms with E-state index in [4.69, 9.17) is 4.74 Å². The molecule has 0 spiro atoms. The van der Waals surface area contributed by atoms with Gasteiger partial charge < -0.3 is 10.1 Å². The van der Waals surface area contributed by atoms with Gasteiger partial charge in [-0.1, -0.05) is 12.1 Å². The molecule has 0 saturated carbocycles. The molecule has 0 bridgehead atoms. The number of carbonyl (C=O) groups is 1. The fraction of sp³-hybridized carbons (Fsp3) is 0.471. The van der Waals surface area contributed by atoms with Gasteiger partial charge in [-0.15, -0.1) is 0 Å². The number of halogens is 2. The number of hydrogen-bond acceptors (Lipinski definition) is 5. The average molecular weight is 337 g/mol. The van der Waals surface area contributed by atoms with Crippen LogP contribution in [0.3, 0.4) is 0 Å². The van der Waals surface area contributed by atoms with Crippen LogP contribution in [-0.4, -0.2) is 28.6 Å². The molecular weight excluding hydrogens is 316 g/mol. The van der Waals surface area contributed by atoms with Gasteiger partial charge in [0, 0.05) is 10.9 Å². The van der Waals surface area contributed by atoms with E-state index in [0.717, 1.165) is 0 Å². The lowest BCUT2D eigenvalue weighted by molar-refractivity contribution is -0.153. The molecular formula is C17H21F2N3O2. The lowest BCUT2D eigenvalue weighted by Crippen LogP contribution is -2.51. The molecule has 0 fully saturated rings. The lowest BCUT2D eigenvalue weighted by atomic mass is 9.74. The van der Waals surface area contributed by atoms with Crippen molar-refractivity contribution < 1.29 is 18.3 Å². The van der Waals surface area contributed by atoms with Crippen LogP contribution in [0.2, 0.25) is 0 Å². The van der Waals surface area contributed by atoms with Crippen LogP contribution in [0.25, 0.3) is 10.9 Å². The molecule has 5 nitrogen and oxygen atoms in total. The first-order valence-corrected chi connectivity index (χ1v) is 7.51. The van der Waals surface area contributed by atoms with E-state index in [1.54, 1.807) is 52.0 Å². The summed E-state index contributed by atoms with van der Waals surface area (Å²) in [6.45, 7) is 7.04. The van der Waals surface area contributed by atoms with Gasteiger partial charge in [-0.05, 0) is 39.8 Å². The van der Waals surface area contributed by atoms with E-state index in [1.807, 2.05) is 0 Å². The van der Waals surface area contributed by atoms with E-state index in [1.165, 1.54) is 7.11 Å². The molecule has 1 aromatic heterocycles. The van der Waals surface area contributed by atoms with Crippen molar-refractivity contribution in [2.24, 2.45) is 5.41 Å². The fourth-order valence-electron chi connectivity index (χ4n) is 2.25. The predicted octanol–water partition coefficient (Wildman–Crippen LogP) is 3.96. The maximum atomic E-state index is 13.1. The molecule has 0 aliphatic rings. The smallest absolute Gasteiger partial charge is 0.313 e. The number of nitrogens with one attached hydrogen (secondary N) is 1. The number of carbonyl (C=O) groups excluding carboxylic acids is 1. The van der Waals surface area contributed by atoms with Crippen LogP contribution in [0.15, 0.2) is 24.3 Å². The van der Waals surface area contributed by atoms with Gasteiger partial charge in [-0.3, -0.25) is 4.79 Å². The Kier molecular flexibility index (Phi) is 4.73. The molecule has 1 aromatic carbocycles. The summed E-state index contributed by atoms with van der Waals surface area (Å²) in [6.07, 6.45) is -2.79. The van der Waals surface area contributed by atoms with Crippen molar-refractivity contribution in [1.82, 2.24) is 9.97 Å². The summed E-state index contributed by atoms with van der Waals surface area (Å²) in [4.78, 5) is 19.9. The third kappa shape index (κ3) is 3.16. The first-order valence-electron chi connectivity index (χ1n) is 7.51. The average Bonchev–Trinajstić information content (AvgIpc) is 2.53. The van der Waals surface area contributed by atoms with Crippen molar-refractivity contribution >= 4 is 22.7 Å². The van der Waals surface area contributed by atoms with Crippen LogP contribution in [0.4, 0.5) is 14.6 Å². The van der Waals surface area contributed by atoms with Gasteiger partial charge in [0.05, 0.1) is 18.0 Å². The Morgan fingerprint density at radius 1 is 1.17 bits per heavy atom. The van der Waals surface area contributed by atoms with Gasteiger partial charge >= 0.3 is 5.97 Å². The number of methoxy groups -OCH3 is 1. The molecule has 0 saturated heterocycles. The van der Waals surface area contributed by atoms with Gasteiger partial charge in [0.2, 0.25) is 0 Å². The standard InChI is InChI=1S/C17H21F2N3O2/c1-16(2,15(23)24-5)17(3,4)22-13-10-8-6-7-9-11(10)20-14(21-13)12(18)19/h6-9,12H,1-5H3,(H,20,21,22). The predicted molar refractivity (Wildman–Crippen MR) is 88.0 cm³/mol. The van der Waals surface area contributed by atoms with Crippen molar-refractivity contribution in [1.29, 1.82) is 0 Å². The number of rotatable bonds is 5. The Hall–Kier alpha value is -2.31. The van der Waals surface area contributed by atoms with Crippen LogP contribution >= 0.6 is 0 Å². The molecule has 0 atom stereocenters. The summed E-state index contributed by atoms with van der Waals surface area (Å²) in [5.74, 6) is -0.701. The molecule has 0 unspecified atom stereocenters. The first kappa shape index (κ1) is 18.0. The van der Waals surface area contributed by atoms with E-state index < -0.39 is 29.2 Å². The Labute approximate surface area is 139 Å². The summed E-state index contributed by atoms with van der Waals surface area (Å²) >= 11 is 0. The van der Waals surface area contributed by atoms with Crippen molar-refractivity contribution in [3.8, 4) is 0 Å². The van der Waals surface area contributed by atoms with E-state index >= 15 is 0 Å². The van der Waals surface area contributed by atoms with Gasteiger partial charge in [0.25, 0.3) is 6.43 Å². The van der Waals surface area contributed by atoms with Crippen molar-refractivity contribution in [3.05, 3.63) is 30.1 Å². The number of alkyl halides is 2. The molecule has 0 aliphatic carbocycles. The number of benzene rings is 1. The van der Waals surface area contributed by atoms with Crippen LogP contribution in [-0.2, 0) is 9.53 Å². The molecule has 0 amide bonds. The summed E-state index contributed by atoms with van der Waals surface area (Å²) < 4.78 is 31.1. The summed E-state index contributed by atoms with van der Waals surface area (Å²) in [5, 5.41) is 3.73. The number of nitrogens with zero attached hydrogens (tertiary/aromatic N) is 2. The van der Waals surface area contributed by atoms with Gasteiger partial charge in [0.1, 0.15) is 5.82 Å². The topological polar surface area (TPSA) is 64.1 Å². The molecule has 1 N–H and O–H groups in total. The van der Waals surface area contributed by atoms with Crippen LogP contribution in [0, 0.1) is 5.41 Å². The highest BCUT2D eigenvalue weighted by atomic mass is 19.3. The number of ether oxygens (including phenoxy) is 1. The first-order chi connectivity index (χ1) is 11.1. The van der Waals surface area contributed by atoms with Crippen molar-refractivity contribution in [2.75, 3.05) is 12.4 Å². The zero-order valence-corrected chi connectivity index (χ0v) is 14.4. The zero-order valence-electron chi connectivity index (χ0n) is 14.4.